The molecule has 36 heavy (non-hydrogen) atoms. The fourth-order valence-electron chi connectivity index (χ4n) is 4.69. The van der Waals surface area contributed by atoms with Gasteiger partial charge in [0.2, 0.25) is 0 Å². The van der Waals surface area contributed by atoms with Crippen molar-refractivity contribution in [2.24, 2.45) is 11.8 Å². The van der Waals surface area contributed by atoms with E-state index in [-0.39, 0.29) is 36.7 Å². The number of amides is 1. The van der Waals surface area contributed by atoms with Gasteiger partial charge in [-0.15, -0.1) is 0 Å². The Morgan fingerprint density at radius 2 is 1.69 bits per heavy atom. The van der Waals surface area contributed by atoms with Crippen LogP contribution < -0.4 is 5.32 Å². The summed E-state index contributed by atoms with van der Waals surface area (Å²) in [5.74, 6) is -0.00335. The van der Waals surface area contributed by atoms with Gasteiger partial charge in [-0.2, -0.15) is 0 Å². The zero-order valence-corrected chi connectivity index (χ0v) is 21.8. The second-order valence-corrected chi connectivity index (χ2v) is 9.91. The lowest BCUT2D eigenvalue weighted by Crippen LogP contribution is -2.39. The maximum atomic E-state index is 12.4. The van der Waals surface area contributed by atoms with E-state index in [1.807, 2.05) is 74.5 Å². The number of carbonyl (C=O) groups excluding carboxylic acids is 1. The number of ether oxygens (including phenoxy) is 3. The predicted molar refractivity (Wildman–Crippen MR) is 141 cm³/mol. The number of rotatable bonds is 14. The summed E-state index contributed by atoms with van der Waals surface area (Å²) < 4.78 is 17.5. The number of hydrogen-bond donors (Lipinski definition) is 2. The van der Waals surface area contributed by atoms with Gasteiger partial charge in [-0.1, -0.05) is 87.9 Å². The third kappa shape index (κ3) is 9.23. The Hall–Kier alpha value is -2.41. The minimum Gasteiger partial charge on any atom is -0.445 e. The van der Waals surface area contributed by atoms with Crippen molar-refractivity contribution in [1.82, 2.24) is 5.32 Å². The van der Waals surface area contributed by atoms with Gasteiger partial charge >= 0.3 is 6.09 Å². The Morgan fingerprint density at radius 3 is 2.33 bits per heavy atom. The number of nitrogens with one attached hydrogen (secondary N) is 1. The van der Waals surface area contributed by atoms with Gasteiger partial charge < -0.3 is 24.6 Å². The molecule has 1 heterocycles. The van der Waals surface area contributed by atoms with Gasteiger partial charge in [-0.25, -0.2) is 4.79 Å². The van der Waals surface area contributed by atoms with E-state index in [2.05, 4.69) is 18.7 Å². The molecule has 197 valence electrons. The highest BCUT2D eigenvalue weighted by Crippen LogP contribution is 2.31. The first-order valence-electron chi connectivity index (χ1n) is 13.2. The molecule has 6 heteroatoms. The summed E-state index contributed by atoms with van der Waals surface area (Å²) in [5, 5.41) is 13.9. The smallest absolute Gasteiger partial charge is 0.407 e. The van der Waals surface area contributed by atoms with Gasteiger partial charge in [0.1, 0.15) is 6.61 Å². The first kappa shape index (κ1) is 28.2. The van der Waals surface area contributed by atoms with Crippen molar-refractivity contribution in [2.45, 2.75) is 84.0 Å². The third-order valence-corrected chi connectivity index (χ3v) is 6.85. The molecule has 1 aliphatic rings. The van der Waals surface area contributed by atoms with Crippen molar-refractivity contribution in [1.29, 1.82) is 0 Å². The Bertz CT molecular complexity index is 877. The number of aliphatic hydroxyl groups is 1. The van der Waals surface area contributed by atoms with Gasteiger partial charge in [-0.05, 0) is 30.4 Å². The third-order valence-electron chi connectivity index (χ3n) is 6.85. The van der Waals surface area contributed by atoms with Crippen molar-refractivity contribution in [3.05, 3.63) is 78.2 Å². The lowest BCUT2D eigenvalue weighted by Gasteiger charge is -2.29. The zero-order chi connectivity index (χ0) is 25.8. The van der Waals surface area contributed by atoms with Gasteiger partial charge in [0.25, 0.3) is 0 Å². The van der Waals surface area contributed by atoms with Crippen LogP contribution in [0.4, 0.5) is 4.79 Å². The standard InChI is InChI=1S/C30H42NO5/c1-4-11-26(31-30(33)35-21-25-14-9-6-10-15-25)18-27-16-17-28(36-27)23(3)29(32)22(2)19-34-20-24-12-7-5-8-13-24/h5-10,12-15,18,22-23,26-29,32H,4,11,16-17,19-21H2,1-3H3,(H,31,33)/t22-,23-,26-,27+,28-,29-/m1/s1. The molecule has 0 bridgehead atoms. The van der Waals surface area contributed by atoms with Gasteiger partial charge in [0.05, 0.1) is 31.5 Å². The van der Waals surface area contributed by atoms with Crippen molar-refractivity contribution >= 4 is 6.09 Å². The molecule has 0 saturated carbocycles. The Labute approximate surface area is 216 Å². The lowest BCUT2D eigenvalue weighted by atomic mass is 9.88. The largest absolute Gasteiger partial charge is 0.445 e. The van der Waals surface area contributed by atoms with Crippen LogP contribution in [0.5, 0.6) is 0 Å². The molecule has 3 rings (SSSR count). The maximum Gasteiger partial charge on any atom is 0.407 e. The summed E-state index contributed by atoms with van der Waals surface area (Å²) in [6.45, 7) is 7.45. The molecule has 1 fully saturated rings. The minimum absolute atomic E-state index is 0.00392. The topological polar surface area (TPSA) is 77.0 Å². The molecule has 1 aliphatic heterocycles. The van der Waals surface area contributed by atoms with E-state index in [1.54, 1.807) is 0 Å². The average molecular weight is 497 g/mol. The van der Waals surface area contributed by atoms with E-state index < -0.39 is 12.2 Å². The fraction of sp³-hybridized carbons (Fsp3) is 0.533. The quantitative estimate of drug-likeness (QED) is 0.352. The Balaban J connectivity index is 1.40. The number of aliphatic hydroxyl groups excluding tert-OH is 1. The Morgan fingerprint density at radius 1 is 1.06 bits per heavy atom. The summed E-state index contributed by atoms with van der Waals surface area (Å²) in [4.78, 5) is 12.4. The Kier molecular flexibility index (Phi) is 11.7. The summed E-state index contributed by atoms with van der Waals surface area (Å²) >= 11 is 0. The molecule has 0 spiro atoms. The molecule has 2 aromatic carbocycles. The first-order valence-corrected chi connectivity index (χ1v) is 13.2. The number of hydrogen-bond acceptors (Lipinski definition) is 5. The summed E-state index contributed by atoms with van der Waals surface area (Å²) in [6, 6.07) is 19.6. The SMILES string of the molecule is CCC[C@H]([CH][C@@H]1CC[C@H]([C@@H](C)[C@H](O)[C@H](C)COCc2ccccc2)O1)NC(=O)OCc1ccccc1. The van der Waals surface area contributed by atoms with E-state index in [0.29, 0.717) is 13.2 Å². The highest BCUT2D eigenvalue weighted by Gasteiger charge is 2.36. The molecule has 0 unspecified atom stereocenters. The summed E-state index contributed by atoms with van der Waals surface area (Å²) in [5.41, 5.74) is 2.09. The van der Waals surface area contributed by atoms with E-state index in [9.17, 15) is 9.90 Å². The molecule has 6 nitrogen and oxygen atoms in total. The van der Waals surface area contributed by atoms with Crippen LogP contribution in [0.2, 0.25) is 0 Å². The average Bonchev–Trinajstić information content (AvgIpc) is 3.36. The maximum absolute atomic E-state index is 12.4. The van der Waals surface area contributed by atoms with Crippen molar-refractivity contribution in [3.63, 3.8) is 0 Å². The van der Waals surface area contributed by atoms with E-state index in [1.165, 1.54) is 0 Å². The van der Waals surface area contributed by atoms with Gasteiger partial charge in [0.15, 0.2) is 0 Å². The van der Waals surface area contributed by atoms with Crippen LogP contribution in [0.15, 0.2) is 60.7 Å². The zero-order valence-electron chi connectivity index (χ0n) is 21.8. The van der Waals surface area contributed by atoms with Crippen LogP contribution in [-0.2, 0) is 27.4 Å². The van der Waals surface area contributed by atoms with Crippen LogP contribution in [0.25, 0.3) is 0 Å². The molecular formula is C30H42NO5. The molecule has 2 aromatic rings. The molecule has 0 aromatic heterocycles. The summed E-state index contributed by atoms with van der Waals surface area (Å²) in [7, 11) is 0. The van der Waals surface area contributed by atoms with E-state index >= 15 is 0 Å². The second-order valence-electron chi connectivity index (χ2n) is 9.91. The molecule has 1 amide bonds. The van der Waals surface area contributed by atoms with Gasteiger partial charge in [-0.3, -0.25) is 0 Å². The molecular weight excluding hydrogens is 454 g/mol. The molecule has 1 saturated heterocycles. The van der Waals surface area contributed by atoms with Crippen LogP contribution in [0, 0.1) is 18.3 Å². The van der Waals surface area contributed by atoms with E-state index in [4.69, 9.17) is 14.2 Å². The van der Waals surface area contributed by atoms with Crippen LogP contribution in [0.3, 0.4) is 0 Å². The van der Waals surface area contributed by atoms with Crippen LogP contribution >= 0.6 is 0 Å². The molecule has 1 radical (unpaired) electrons. The summed E-state index contributed by atoms with van der Waals surface area (Å²) in [6.07, 6.45) is 4.59. The molecule has 6 atom stereocenters. The number of benzene rings is 2. The monoisotopic (exact) mass is 496 g/mol. The highest BCUT2D eigenvalue weighted by molar-refractivity contribution is 5.67. The fourth-order valence-corrected chi connectivity index (χ4v) is 4.69. The second kappa shape index (κ2) is 15.0. The normalized spacial score (nSPS) is 20.9. The van der Waals surface area contributed by atoms with Crippen molar-refractivity contribution in [3.8, 4) is 0 Å². The lowest BCUT2D eigenvalue weighted by molar-refractivity contribution is -0.0537. The van der Waals surface area contributed by atoms with Crippen LogP contribution in [-0.4, -0.2) is 42.2 Å². The molecule has 2 N–H and O–H groups in total. The predicted octanol–water partition coefficient (Wildman–Crippen LogP) is 5.68. The van der Waals surface area contributed by atoms with E-state index in [0.717, 1.165) is 36.8 Å². The van der Waals surface area contributed by atoms with Crippen molar-refractivity contribution in [2.75, 3.05) is 6.61 Å². The highest BCUT2D eigenvalue weighted by atomic mass is 16.5. The van der Waals surface area contributed by atoms with Gasteiger partial charge in [0, 0.05) is 24.3 Å². The number of carbonyl (C=O) groups is 1. The van der Waals surface area contributed by atoms with Crippen LogP contribution in [0.1, 0.15) is 57.6 Å². The minimum atomic E-state index is -0.512. The first-order chi connectivity index (χ1) is 17.5. The van der Waals surface area contributed by atoms with Crippen molar-refractivity contribution < 1.29 is 24.1 Å². The molecule has 0 aliphatic carbocycles. The number of alkyl carbamates (subject to hydrolysis) is 1.